The van der Waals surface area contributed by atoms with Crippen LogP contribution in [0.2, 0.25) is 0 Å². The Kier molecular flexibility index (Phi) is 10.9. The first-order valence-corrected chi connectivity index (χ1v) is 27.1. The van der Waals surface area contributed by atoms with E-state index in [0.29, 0.717) is 6.67 Å². The minimum atomic E-state index is -0.550. The molecule has 1 atom stereocenters. The second-order valence-electron chi connectivity index (χ2n) is 24.0. The van der Waals surface area contributed by atoms with Gasteiger partial charge in [-0.15, -0.1) is 7.53 Å². The van der Waals surface area contributed by atoms with Crippen molar-refractivity contribution in [2.45, 2.75) is 105 Å². The Morgan fingerprint density at radius 1 is 0.465 bits per heavy atom. The van der Waals surface area contributed by atoms with Gasteiger partial charge in [0.15, 0.2) is 0 Å². The Morgan fingerprint density at radius 2 is 1.06 bits per heavy atom. The fourth-order valence-corrected chi connectivity index (χ4v) is 12.7. The van der Waals surface area contributed by atoms with Gasteiger partial charge in [-0.05, 0) is 122 Å². The van der Waals surface area contributed by atoms with Crippen molar-refractivity contribution >= 4 is 62.3 Å². The van der Waals surface area contributed by atoms with Crippen LogP contribution in [0.15, 0.2) is 158 Å². The zero-order valence-electron chi connectivity index (χ0n) is 43.9. The molecule has 1 aliphatic heterocycles. The Bertz CT molecular complexity index is 3630. The van der Waals surface area contributed by atoms with Crippen molar-refractivity contribution in [1.29, 1.82) is 0 Å². The molecule has 0 radical (unpaired) electrons. The lowest BCUT2D eigenvalue weighted by atomic mass is 9.77. The average Bonchev–Trinajstić information content (AvgIpc) is 3.98. The highest BCUT2D eigenvalue weighted by molar-refractivity contribution is 7.59. The Balaban J connectivity index is 1.04. The largest absolute Gasteiger partial charge is 0.457 e. The first kappa shape index (κ1) is 46.6. The van der Waals surface area contributed by atoms with Gasteiger partial charge in [0, 0.05) is 56.2 Å². The Morgan fingerprint density at radius 3 is 1.72 bits per heavy atom. The first-order chi connectivity index (χ1) is 33.6. The van der Waals surface area contributed by atoms with Crippen LogP contribution in [-0.2, 0) is 28.3 Å². The van der Waals surface area contributed by atoms with Crippen LogP contribution in [0.3, 0.4) is 0 Å². The van der Waals surface area contributed by atoms with E-state index in [-0.39, 0.29) is 21.7 Å². The van der Waals surface area contributed by atoms with Gasteiger partial charge in [-0.2, -0.15) is 0 Å². The molecule has 7 aromatic carbocycles. The molecule has 0 fully saturated rings. The second kappa shape index (κ2) is 16.6. The van der Waals surface area contributed by atoms with Crippen LogP contribution < -0.4 is 14.5 Å². The van der Waals surface area contributed by atoms with Crippen LogP contribution in [0.1, 0.15) is 105 Å². The number of hydrogen-bond acceptors (Lipinski definition) is 4. The number of rotatable bonds is 7. The third kappa shape index (κ3) is 8.17. The van der Waals surface area contributed by atoms with Crippen molar-refractivity contribution in [2.24, 2.45) is 6.66 Å². The highest BCUT2D eigenvalue weighted by Crippen LogP contribution is 2.55. The van der Waals surface area contributed by atoms with Crippen LogP contribution in [0.5, 0.6) is 11.5 Å². The van der Waals surface area contributed by atoms with E-state index in [1.807, 2.05) is 6.20 Å². The number of aromatic nitrogens is 2. The van der Waals surface area contributed by atoms with Crippen LogP contribution in [0, 0.1) is 0 Å². The summed E-state index contributed by atoms with van der Waals surface area (Å²) in [6.45, 7) is 30.8. The predicted molar refractivity (Wildman–Crippen MR) is 305 cm³/mol. The molecule has 4 heterocycles. The van der Waals surface area contributed by atoms with E-state index >= 15 is 0 Å². The third-order valence-electron chi connectivity index (χ3n) is 14.8. The maximum atomic E-state index is 7.04. The van der Waals surface area contributed by atoms with Crippen molar-refractivity contribution in [1.82, 2.24) is 9.55 Å². The van der Waals surface area contributed by atoms with E-state index in [9.17, 15) is 0 Å². The number of benzene rings is 7. The van der Waals surface area contributed by atoms with Gasteiger partial charge in [0.1, 0.15) is 24.0 Å². The molecule has 6 heteroatoms. The first-order valence-electron chi connectivity index (χ1n) is 25.3. The SMILES string of the molecule is Cp1c2cccc3c2c2c(cc(Oc4cccc(N5CN(c6c(-c7ccccc7)cc(C(C)(C)C)cc6-c6cc(C(C)(C)C)cc(C(C)(C)C)c6)c6ccccc65)c4)cc21)n3-c1cc(C(C)(C)C)ccn1. The molecule has 0 aliphatic carbocycles. The smallest absolute Gasteiger partial charge is 0.137 e. The van der Waals surface area contributed by atoms with Gasteiger partial charge in [0.05, 0.1) is 28.1 Å². The zero-order valence-corrected chi connectivity index (χ0v) is 44.8. The normalized spacial score (nSPS) is 13.8. The number of aryl methyl sites for hydroxylation is 1. The van der Waals surface area contributed by atoms with Crippen molar-refractivity contribution in [3.05, 3.63) is 180 Å². The van der Waals surface area contributed by atoms with Gasteiger partial charge < -0.3 is 14.5 Å². The van der Waals surface area contributed by atoms with Gasteiger partial charge >= 0.3 is 0 Å². The van der Waals surface area contributed by atoms with Crippen LogP contribution in [-0.4, -0.2) is 16.2 Å². The molecule has 11 rings (SSSR count). The van der Waals surface area contributed by atoms with E-state index in [1.54, 1.807) is 0 Å². The van der Waals surface area contributed by atoms with Gasteiger partial charge in [0.2, 0.25) is 0 Å². The zero-order chi connectivity index (χ0) is 49.9. The molecule has 71 heavy (non-hydrogen) atoms. The molecule has 3 aromatic heterocycles. The predicted octanol–water partition coefficient (Wildman–Crippen LogP) is 18.9. The molecule has 0 amide bonds. The van der Waals surface area contributed by atoms with Gasteiger partial charge in [-0.1, -0.05) is 162 Å². The second-order valence-corrected chi connectivity index (χ2v) is 26.1. The maximum absolute atomic E-state index is 7.04. The number of para-hydroxylation sites is 2. The molecule has 10 aromatic rings. The summed E-state index contributed by atoms with van der Waals surface area (Å²) in [6, 6.07) is 56.5. The summed E-state index contributed by atoms with van der Waals surface area (Å²) < 4.78 is 9.39. The summed E-state index contributed by atoms with van der Waals surface area (Å²) in [4.78, 5) is 9.99. The molecular weight excluding hydrogens is 884 g/mol. The fourth-order valence-electron chi connectivity index (χ4n) is 10.6. The van der Waals surface area contributed by atoms with Gasteiger partial charge in [-0.25, -0.2) is 4.98 Å². The molecule has 0 saturated heterocycles. The van der Waals surface area contributed by atoms with E-state index in [4.69, 9.17) is 9.72 Å². The highest BCUT2D eigenvalue weighted by Gasteiger charge is 2.34. The fraction of sp³-hybridized carbons (Fsp3) is 0.277. The number of hydrogen-bond donors (Lipinski definition) is 0. The molecule has 358 valence electrons. The summed E-state index contributed by atoms with van der Waals surface area (Å²) in [7, 11) is -0.550. The summed E-state index contributed by atoms with van der Waals surface area (Å²) in [5.74, 6) is 2.56. The monoisotopic (exact) mass is 951 g/mol. The molecular formula is C65H67N4OP. The Hall–Kier alpha value is -6.81. The van der Waals surface area contributed by atoms with E-state index in [1.165, 1.54) is 82.4 Å². The summed E-state index contributed by atoms with van der Waals surface area (Å²) in [5.41, 5.74) is 16.9. The molecule has 1 unspecified atom stereocenters. The quantitative estimate of drug-likeness (QED) is 0.159. The number of nitrogens with zero attached hydrogens (tertiary/aromatic N) is 4. The lowest BCUT2D eigenvalue weighted by Crippen LogP contribution is -2.25. The van der Waals surface area contributed by atoms with Crippen LogP contribution >= 0.6 is 7.53 Å². The molecule has 0 spiro atoms. The van der Waals surface area contributed by atoms with Crippen molar-refractivity contribution in [3.8, 4) is 39.6 Å². The van der Waals surface area contributed by atoms with E-state index in [0.717, 1.165) is 34.2 Å². The minimum Gasteiger partial charge on any atom is -0.457 e. The van der Waals surface area contributed by atoms with Crippen molar-refractivity contribution in [3.63, 3.8) is 0 Å². The summed E-state index contributed by atoms with van der Waals surface area (Å²) in [6.07, 6.45) is 1.96. The minimum absolute atomic E-state index is 0.00862. The molecule has 0 saturated carbocycles. The molecule has 1 aliphatic rings. The van der Waals surface area contributed by atoms with E-state index < -0.39 is 7.53 Å². The van der Waals surface area contributed by atoms with Gasteiger partial charge in [-0.3, -0.25) is 4.57 Å². The number of anilines is 4. The number of pyridine rings is 1. The number of fused-ring (bicyclic) bond motifs is 1. The van der Waals surface area contributed by atoms with Crippen LogP contribution in [0.25, 0.3) is 60.1 Å². The Labute approximate surface area is 422 Å². The molecule has 0 N–H and O–H groups in total. The van der Waals surface area contributed by atoms with Crippen molar-refractivity contribution < 1.29 is 4.74 Å². The van der Waals surface area contributed by atoms with Crippen LogP contribution in [0.4, 0.5) is 22.7 Å². The molecule has 5 nitrogen and oxygen atoms in total. The standard InChI is InChI=1S/C65H67N4OP/c1-62(2,3)43-29-30-66-58(36-43)69-54-27-20-28-56-59(54)60-55(69)38-49(39-57(60)71(56)13)70-48-24-19-23-47(37-48)67-40-68(53-26-18-17-25-52(53)67)61-50(41-21-15-14-16-22-41)34-46(65(10,11)12)35-51(61)42-31-44(63(4,5)6)33-45(32-42)64(7,8)9/h14-39H,40H2,1-13H3. The third-order valence-corrected chi connectivity index (χ3v) is 17.0. The lowest BCUT2D eigenvalue weighted by molar-refractivity contribution is 0.484. The maximum Gasteiger partial charge on any atom is 0.137 e. The number of ether oxygens (including phenoxy) is 1. The van der Waals surface area contributed by atoms with Crippen molar-refractivity contribution in [2.75, 3.05) is 16.5 Å². The average molecular weight is 951 g/mol. The summed E-state index contributed by atoms with van der Waals surface area (Å²) in [5, 5.41) is 5.45. The highest BCUT2D eigenvalue weighted by atomic mass is 31.1. The summed E-state index contributed by atoms with van der Waals surface area (Å²) >= 11 is 0. The topological polar surface area (TPSA) is 33.5 Å². The van der Waals surface area contributed by atoms with Gasteiger partial charge in [0.25, 0.3) is 0 Å². The van der Waals surface area contributed by atoms with E-state index in [2.05, 4.69) is 256 Å². The lowest BCUT2D eigenvalue weighted by Gasteiger charge is -2.31. The molecule has 0 bridgehead atoms.